The summed E-state index contributed by atoms with van der Waals surface area (Å²) in [4.78, 5) is 30.7. The second kappa shape index (κ2) is 7.48. The van der Waals surface area contributed by atoms with Gasteiger partial charge in [0.2, 0.25) is 0 Å². The average Bonchev–Trinajstić information content (AvgIpc) is 3.07. The van der Waals surface area contributed by atoms with Gasteiger partial charge in [-0.2, -0.15) is 0 Å². The number of aromatic nitrogens is 2. The number of carbonyl (C=O) groups is 2. The van der Waals surface area contributed by atoms with Crippen molar-refractivity contribution in [2.24, 2.45) is 0 Å². The molecule has 0 aliphatic heterocycles. The van der Waals surface area contributed by atoms with Crippen LogP contribution in [0.1, 0.15) is 21.7 Å². The zero-order valence-corrected chi connectivity index (χ0v) is 13.7. The topological polar surface area (TPSA) is 96.1 Å². The smallest absolute Gasteiger partial charge is 0.407 e. The molecule has 2 amide bonds. The largest absolute Gasteiger partial charge is 0.441 e. The molecular formula is C18H18N4O3. The van der Waals surface area contributed by atoms with Crippen LogP contribution in [0.2, 0.25) is 0 Å². The van der Waals surface area contributed by atoms with E-state index in [0.29, 0.717) is 17.9 Å². The van der Waals surface area contributed by atoms with Gasteiger partial charge in [-0.25, -0.2) is 9.78 Å². The number of H-pyrrole nitrogens is 1. The van der Waals surface area contributed by atoms with Gasteiger partial charge in [-0.15, -0.1) is 0 Å². The number of fused-ring (bicyclic) bond motifs is 1. The molecule has 3 aromatic rings. The number of rotatable bonds is 5. The molecular weight excluding hydrogens is 320 g/mol. The van der Waals surface area contributed by atoms with Crippen LogP contribution in [0.5, 0.6) is 0 Å². The van der Waals surface area contributed by atoms with E-state index in [2.05, 4.69) is 20.6 Å². The standard InChI is InChI=1S/C18H18N4O3/c1-19-17(23)13-8-6-12(7-9-13)10-20-18(24)25-11-16-21-14-4-2-3-5-15(14)22-16/h2-9H,10-11H2,1H3,(H,19,23)(H,20,24)(H,21,22). The molecule has 0 aliphatic carbocycles. The first-order valence-electron chi connectivity index (χ1n) is 7.81. The second-order valence-electron chi connectivity index (χ2n) is 5.41. The predicted octanol–water partition coefficient (Wildman–Crippen LogP) is 2.35. The van der Waals surface area contributed by atoms with Gasteiger partial charge in [0, 0.05) is 19.2 Å². The maximum atomic E-state index is 11.8. The van der Waals surface area contributed by atoms with Gasteiger partial charge in [0.1, 0.15) is 5.82 Å². The van der Waals surface area contributed by atoms with Crippen molar-refractivity contribution in [1.29, 1.82) is 0 Å². The average molecular weight is 338 g/mol. The Morgan fingerprint density at radius 1 is 1.12 bits per heavy atom. The first-order chi connectivity index (χ1) is 12.2. The highest BCUT2D eigenvalue weighted by Crippen LogP contribution is 2.11. The molecule has 7 nitrogen and oxygen atoms in total. The molecule has 1 heterocycles. The van der Waals surface area contributed by atoms with Crippen molar-refractivity contribution in [3.8, 4) is 0 Å². The SMILES string of the molecule is CNC(=O)c1ccc(CNC(=O)OCc2nc3ccccc3[nH]2)cc1. The number of hydrogen-bond acceptors (Lipinski definition) is 4. The van der Waals surface area contributed by atoms with Gasteiger partial charge in [-0.05, 0) is 29.8 Å². The van der Waals surface area contributed by atoms with E-state index in [1.165, 1.54) is 0 Å². The lowest BCUT2D eigenvalue weighted by molar-refractivity contribution is 0.0963. The third-order valence-corrected chi connectivity index (χ3v) is 3.66. The summed E-state index contributed by atoms with van der Waals surface area (Å²) in [5, 5.41) is 5.22. The minimum atomic E-state index is -0.532. The van der Waals surface area contributed by atoms with Crippen LogP contribution >= 0.6 is 0 Å². The van der Waals surface area contributed by atoms with Gasteiger partial charge in [-0.3, -0.25) is 4.79 Å². The monoisotopic (exact) mass is 338 g/mol. The Labute approximate surface area is 144 Å². The highest BCUT2D eigenvalue weighted by Gasteiger charge is 2.07. The summed E-state index contributed by atoms with van der Waals surface area (Å²) in [7, 11) is 1.58. The summed E-state index contributed by atoms with van der Waals surface area (Å²) in [5.41, 5.74) is 3.17. The van der Waals surface area contributed by atoms with E-state index in [4.69, 9.17) is 4.74 Å². The van der Waals surface area contributed by atoms with Crippen molar-refractivity contribution >= 4 is 23.0 Å². The number of para-hydroxylation sites is 2. The van der Waals surface area contributed by atoms with Crippen LogP contribution in [0.4, 0.5) is 4.79 Å². The highest BCUT2D eigenvalue weighted by molar-refractivity contribution is 5.93. The molecule has 0 spiro atoms. The van der Waals surface area contributed by atoms with Gasteiger partial charge >= 0.3 is 6.09 Å². The van der Waals surface area contributed by atoms with E-state index in [1.807, 2.05) is 24.3 Å². The van der Waals surface area contributed by atoms with Gasteiger partial charge in [-0.1, -0.05) is 24.3 Å². The Kier molecular flexibility index (Phi) is 4.94. The third-order valence-electron chi connectivity index (χ3n) is 3.66. The van der Waals surface area contributed by atoms with Gasteiger partial charge in [0.15, 0.2) is 6.61 Å². The molecule has 0 aliphatic rings. The van der Waals surface area contributed by atoms with E-state index in [-0.39, 0.29) is 12.5 Å². The summed E-state index contributed by atoms with van der Waals surface area (Å²) in [6, 6.07) is 14.6. The lowest BCUT2D eigenvalue weighted by atomic mass is 10.1. The number of nitrogens with one attached hydrogen (secondary N) is 3. The minimum absolute atomic E-state index is 0.0656. The van der Waals surface area contributed by atoms with Crippen molar-refractivity contribution in [2.75, 3.05) is 7.05 Å². The Morgan fingerprint density at radius 2 is 1.88 bits per heavy atom. The number of carbonyl (C=O) groups excluding carboxylic acids is 2. The Bertz CT molecular complexity index is 854. The predicted molar refractivity (Wildman–Crippen MR) is 93.0 cm³/mol. The van der Waals surface area contributed by atoms with Crippen LogP contribution < -0.4 is 10.6 Å². The Balaban J connectivity index is 1.48. The normalized spacial score (nSPS) is 10.4. The van der Waals surface area contributed by atoms with Crippen molar-refractivity contribution in [3.63, 3.8) is 0 Å². The van der Waals surface area contributed by atoms with Gasteiger partial charge in [0.05, 0.1) is 11.0 Å². The van der Waals surface area contributed by atoms with E-state index < -0.39 is 6.09 Å². The number of hydrogen-bond donors (Lipinski definition) is 3. The van der Waals surface area contributed by atoms with Crippen molar-refractivity contribution in [3.05, 3.63) is 65.5 Å². The second-order valence-corrected chi connectivity index (χ2v) is 5.41. The molecule has 0 unspecified atom stereocenters. The minimum Gasteiger partial charge on any atom is -0.441 e. The molecule has 0 radical (unpaired) electrons. The molecule has 1 aromatic heterocycles. The van der Waals surface area contributed by atoms with Crippen LogP contribution in [0.25, 0.3) is 11.0 Å². The van der Waals surface area contributed by atoms with E-state index >= 15 is 0 Å². The number of imidazole rings is 1. The fraction of sp³-hybridized carbons (Fsp3) is 0.167. The van der Waals surface area contributed by atoms with Gasteiger partial charge < -0.3 is 20.4 Å². The number of ether oxygens (including phenoxy) is 1. The zero-order chi connectivity index (χ0) is 17.6. The maximum Gasteiger partial charge on any atom is 0.407 e. The van der Waals surface area contributed by atoms with Crippen LogP contribution in [0.3, 0.4) is 0 Å². The first kappa shape index (κ1) is 16.5. The molecule has 0 bridgehead atoms. The van der Waals surface area contributed by atoms with Crippen LogP contribution in [0, 0.1) is 0 Å². The number of nitrogens with zero attached hydrogens (tertiary/aromatic N) is 1. The number of aromatic amines is 1. The molecule has 0 atom stereocenters. The summed E-state index contributed by atoms with van der Waals surface area (Å²) in [5.74, 6) is 0.441. The number of benzene rings is 2. The third kappa shape index (κ3) is 4.14. The molecule has 0 saturated carbocycles. The molecule has 2 aromatic carbocycles. The quantitative estimate of drug-likeness (QED) is 0.665. The van der Waals surface area contributed by atoms with Crippen molar-refractivity contribution in [1.82, 2.24) is 20.6 Å². The molecule has 3 rings (SSSR count). The van der Waals surface area contributed by atoms with Gasteiger partial charge in [0.25, 0.3) is 5.91 Å². The molecule has 7 heteroatoms. The summed E-state index contributed by atoms with van der Waals surface area (Å²) < 4.78 is 5.15. The Hall–Kier alpha value is -3.35. The number of amides is 2. The summed E-state index contributed by atoms with van der Waals surface area (Å²) in [6.45, 7) is 0.378. The fourth-order valence-electron chi connectivity index (χ4n) is 2.35. The van der Waals surface area contributed by atoms with Crippen LogP contribution in [-0.2, 0) is 17.9 Å². The molecule has 0 fully saturated rings. The number of alkyl carbamates (subject to hydrolysis) is 1. The molecule has 0 saturated heterocycles. The van der Waals surface area contributed by atoms with E-state index in [9.17, 15) is 9.59 Å². The lowest BCUT2D eigenvalue weighted by Crippen LogP contribution is -2.24. The molecule has 3 N–H and O–H groups in total. The van der Waals surface area contributed by atoms with Crippen LogP contribution in [0.15, 0.2) is 48.5 Å². The Morgan fingerprint density at radius 3 is 2.60 bits per heavy atom. The highest BCUT2D eigenvalue weighted by atomic mass is 16.5. The molecule has 25 heavy (non-hydrogen) atoms. The van der Waals surface area contributed by atoms with Crippen molar-refractivity contribution in [2.45, 2.75) is 13.2 Å². The van der Waals surface area contributed by atoms with E-state index in [0.717, 1.165) is 16.6 Å². The first-order valence-corrected chi connectivity index (χ1v) is 7.81. The van der Waals surface area contributed by atoms with Crippen LogP contribution in [-0.4, -0.2) is 29.0 Å². The zero-order valence-electron chi connectivity index (χ0n) is 13.7. The fourth-order valence-corrected chi connectivity index (χ4v) is 2.35. The molecule has 128 valence electrons. The maximum absolute atomic E-state index is 11.8. The van der Waals surface area contributed by atoms with E-state index in [1.54, 1.807) is 31.3 Å². The summed E-state index contributed by atoms with van der Waals surface area (Å²) >= 11 is 0. The lowest BCUT2D eigenvalue weighted by Gasteiger charge is -2.06. The summed E-state index contributed by atoms with van der Waals surface area (Å²) in [6.07, 6.45) is -0.532. The van der Waals surface area contributed by atoms with Crippen molar-refractivity contribution < 1.29 is 14.3 Å².